The van der Waals surface area contributed by atoms with E-state index in [4.69, 9.17) is 4.42 Å². The van der Waals surface area contributed by atoms with E-state index in [2.05, 4.69) is 15.5 Å². The first-order valence-electron chi connectivity index (χ1n) is 7.04. The molecule has 0 bridgehead atoms. The Labute approximate surface area is 128 Å². The van der Waals surface area contributed by atoms with Gasteiger partial charge in [-0.05, 0) is 42.8 Å². The minimum atomic E-state index is -0.235. The quantitative estimate of drug-likeness (QED) is 0.777. The van der Waals surface area contributed by atoms with E-state index < -0.39 is 0 Å². The minimum absolute atomic E-state index is 0.0182. The molecule has 1 N–H and O–H groups in total. The third-order valence-corrected chi connectivity index (χ3v) is 3.37. The molecule has 0 aliphatic carbocycles. The summed E-state index contributed by atoms with van der Waals surface area (Å²) in [7, 11) is 0. The van der Waals surface area contributed by atoms with Gasteiger partial charge in [-0.1, -0.05) is 18.2 Å². The lowest BCUT2D eigenvalue weighted by molar-refractivity contribution is 0.533. The van der Waals surface area contributed by atoms with Crippen LogP contribution in [0.3, 0.4) is 0 Å². The summed E-state index contributed by atoms with van der Waals surface area (Å²) < 4.78 is 18.7. The summed E-state index contributed by atoms with van der Waals surface area (Å²) in [6.07, 6.45) is 0. The van der Waals surface area contributed by atoms with Crippen molar-refractivity contribution in [3.63, 3.8) is 0 Å². The molecule has 22 heavy (non-hydrogen) atoms. The zero-order chi connectivity index (χ0) is 15.5. The van der Waals surface area contributed by atoms with E-state index in [0.717, 1.165) is 16.8 Å². The van der Waals surface area contributed by atoms with Gasteiger partial charge in [0.15, 0.2) is 0 Å². The molecule has 0 unspecified atom stereocenters. The summed E-state index contributed by atoms with van der Waals surface area (Å²) in [5.41, 5.74) is 2.64. The van der Waals surface area contributed by atoms with Crippen LogP contribution in [0.1, 0.15) is 24.4 Å². The molecule has 1 atom stereocenters. The van der Waals surface area contributed by atoms with Crippen molar-refractivity contribution in [2.75, 3.05) is 5.32 Å². The van der Waals surface area contributed by atoms with Gasteiger partial charge < -0.3 is 9.73 Å². The van der Waals surface area contributed by atoms with E-state index in [1.807, 2.05) is 37.3 Å². The number of aryl methyl sites for hydroxylation is 1. The SMILES string of the molecule is Cc1nnc(-c2cccc(N[C@@H](C)c3cccc(F)c3)c2)o1. The fourth-order valence-corrected chi connectivity index (χ4v) is 2.26. The fourth-order valence-electron chi connectivity index (χ4n) is 2.26. The van der Waals surface area contributed by atoms with Gasteiger partial charge in [-0.3, -0.25) is 0 Å². The van der Waals surface area contributed by atoms with Gasteiger partial charge in [0.25, 0.3) is 0 Å². The first-order valence-corrected chi connectivity index (χ1v) is 7.04. The number of hydrogen-bond acceptors (Lipinski definition) is 4. The lowest BCUT2D eigenvalue weighted by atomic mass is 10.1. The molecule has 0 fully saturated rings. The van der Waals surface area contributed by atoms with Crippen molar-refractivity contribution in [3.8, 4) is 11.5 Å². The van der Waals surface area contributed by atoms with Crippen LogP contribution in [0.15, 0.2) is 52.9 Å². The van der Waals surface area contributed by atoms with E-state index in [9.17, 15) is 4.39 Å². The molecule has 0 aliphatic heterocycles. The molecular formula is C17H16FN3O. The summed E-state index contributed by atoms with van der Waals surface area (Å²) in [6.45, 7) is 3.74. The van der Waals surface area contributed by atoms with Gasteiger partial charge in [0, 0.05) is 24.2 Å². The lowest BCUT2D eigenvalue weighted by Crippen LogP contribution is -2.06. The molecule has 112 valence electrons. The summed E-state index contributed by atoms with van der Waals surface area (Å²) in [4.78, 5) is 0. The number of nitrogens with one attached hydrogen (secondary N) is 1. The van der Waals surface area contributed by atoms with Crippen LogP contribution >= 0.6 is 0 Å². The number of hydrogen-bond donors (Lipinski definition) is 1. The molecule has 0 saturated heterocycles. The predicted octanol–water partition coefficient (Wildman–Crippen LogP) is 4.36. The van der Waals surface area contributed by atoms with Crippen LogP contribution in [-0.2, 0) is 0 Å². The van der Waals surface area contributed by atoms with Crippen molar-refractivity contribution >= 4 is 5.69 Å². The average molecular weight is 297 g/mol. The highest BCUT2D eigenvalue weighted by molar-refractivity contribution is 5.61. The molecule has 0 radical (unpaired) electrons. The molecule has 2 aromatic carbocycles. The zero-order valence-electron chi connectivity index (χ0n) is 12.4. The highest BCUT2D eigenvalue weighted by Gasteiger charge is 2.09. The second-order valence-corrected chi connectivity index (χ2v) is 5.13. The van der Waals surface area contributed by atoms with Gasteiger partial charge in [0.05, 0.1) is 0 Å². The van der Waals surface area contributed by atoms with Gasteiger partial charge in [-0.25, -0.2) is 4.39 Å². The highest BCUT2D eigenvalue weighted by atomic mass is 19.1. The zero-order valence-corrected chi connectivity index (χ0v) is 12.4. The molecule has 0 amide bonds. The van der Waals surface area contributed by atoms with E-state index in [-0.39, 0.29) is 11.9 Å². The molecule has 3 aromatic rings. The molecule has 1 heterocycles. The molecule has 4 nitrogen and oxygen atoms in total. The lowest BCUT2D eigenvalue weighted by Gasteiger charge is -2.16. The number of aromatic nitrogens is 2. The largest absolute Gasteiger partial charge is 0.421 e. The number of halogens is 1. The molecule has 3 rings (SSSR count). The Balaban J connectivity index is 1.81. The van der Waals surface area contributed by atoms with Gasteiger partial charge in [-0.15, -0.1) is 10.2 Å². The Morgan fingerprint density at radius 3 is 2.64 bits per heavy atom. The third-order valence-electron chi connectivity index (χ3n) is 3.37. The maximum atomic E-state index is 13.3. The van der Waals surface area contributed by atoms with Crippen LogP contribution in [0, 0.1) is 12.7 Å². The second-order valence-electron chi connectivity index (χ2n) is 5.13. The van der Waals surface area contributed by atoms with Gasteiger partial charge in [0.1, 0.15) is 5.82 Å². The number of anilines is 1. The van der Waals surface area contributed by atoms with Crippen LogP contribution in [-0.4, -0.2) is 10.2 Å². The second kappa shape index (κ2) is 5.97. The highest BCUT2D eigenvalue weighted by Crippen LogP contribution is 2.24. The van der Waals surface area contributed by atoms with Crippen molar-refractivity contribution < 1.29 is 8.81 Å². The van der Waals surface area contributed by atoms with E-state index in [0.29, 0.717) is 11.8 Å². The Bertz CT molecular complexity index is 785. The average Bonchev–Trinajstić information content (AvgIpc) is 2.94. The van der Waals surface area contributed by atoms with Crippen LogP contribution in [0.5, 0.6) is 0 Å². The van der Waals surface area contributed by atoms with Gasteiger partial charge >= 0.3 is 0 Å². The van der Waals surface area contributed by atoms with Gasteiger partial charge in [-0.2, -0.15) is 0 Å². The number of rotatable bonds is 4. The first kappa shape index (κ1) is 14.3. The summed E-state index contributed by atoms with van der Waals surface area (Å²) in [6, 6.07) is 14.3. The molecule has 5 heteroatoms. The van der Waals surface area contributed by atoms with Crippen LogP contribution in [0.25, 0.3) is 11.5 Å². The Hall–Kier alpha value is -2.69. The number of nitrogens with zero attached hydrogens (tertiary/aromatic N) is 2. The van der Waals surface area contributed by atoms with Crippen molar-refractivity contribution in [1.29, 1.82) is 0 Å². The maximum absolute atomic E-state index is 13.3. The number of benzene rings is 2. The van der Waals surface area contributed by atoms with Crippen molar-refractivity contribution in [1.82, 2.24) is 10.2 Å². The molecule has 0 aliphatic rings. The Morgan fingerprint density at radius 1 is 1.09 bits per heavy atom. The van der Waals surface area contributed by atoms with Crippen molar-refractivity contribution in [2.24, 2.45) is 0 Å². The minimum Gasteiger partial charge on any atom is -0.421 e. The Morgan fingerprint density at radius 2 is 1.91 bits per heavy atom. The summed E-state index contributed by atoms with van der Waals surface area (Å²) in [5, 5.41) is 11.2. The third kappa shape index (κ3) is 3.14. The molecular weight excluding hydrogens is 281 g/mol. The van der Waals surface area contributed by atoms with Gasteiger partial charge in [0.2, 0.25) is 11.8 Å². The van der Waals surface area contributed by atoms with E-state index >= 15 is 0 Å². The van der Waals surface area contributed by atoms with E-state index in [1.165, 1.54) is 12.1 Å². The van der Waals surface area contributed by atoms with Crippen LogP contribution in [0.2, 0.25) is 0 Å². The predicted molar refractivity (Wildman–Crippen MR) is 82.9 cm³/mol. The molecule has 1 aromatic heterocycles. The normalized spacial score (nSPS) is 12.1. The fraction of sp³-hybridized carbons (Fsp3) is 0.176. The first-order chi connectivity index (χ1) is 10.6. The Kier molecular flexibility index (Phi) is 3.87. The summed E-state index contributed by atoms with van der Waals surface area (Å²) >= 11 is 0. The van der Waals surface area contributed by atoms with Crippen molar-refractivity contribution in [3.05, 3.63) is 65.8 Å². The van der Waals surface area contributed by atoms with Crippen LogP contribution < -0.4 is 5.32 Å². The monoisotopic (exact) mass is 297 g/mol. The molecule has 0 saturated carbocycles. The maximum Gasteiger partial charge on any atom is 0.247 e. The standard InChI is InChI=1S/C17H16FN3O/c1-11(13-5-3-7-15(18)9-13)19-16-8-4-6-14(10-16)17-21-20-12(2)22-17/h3-11,19H,1-2H3/t11-/m0/s1. The topological polar surface area (TPSA) is 51.0 Å². The van der Waals surface area contributed by atoms with Crippen LogP contribution in [0.4, 0.5) is 10.1 Å². The van der Waals surface area contributed by atoms with Crippen molar-refractivity contribution in [2.45, 2.75) is 19.9 Å². The smallest absolute Gasteiger partial charge is 0.247 e. The van der Waals surface area contributed by atoms with E-state index in [1.54, 1.807) is 13.0 Å². The summed E-state index contributed by atoms with van der Waals surface area (Å²) in [5.74, 6) is 0.780. The molecule has 0 spiro atoms.